The van der Waals surface area contributed by atoms with E-state index in [0.29, 0.717) is 6.42 Å². The quantitative estimate of drug-likeness (QED) is 0.228. The van der Waals surface area contributed by atoms with Crippen LogP contribution in [0.5, 0.6) is 0 Å². The first kappa shape index (κ1) is 21.1. The second kappa shape index (κ2) is 15.0. The molecule has 0 aromatic carbocycles. The topological polar surface area (TPSA) is 72.8 Å². The molecule has 0 bridgehead atoms. The molecule has 0 saturated carbocycles. The lowest BCUT2D eigenvalue weighted by Crippen LogP contribution is -2.07. The smallest absolute Gasteiger partial charge is 0.337 e. The largest absolute Gasteiger partial charge is 0.396 e. The number of hydrogen-bond donors (Lipinski definition) is 1. The Balaban J connectivity index is 3.91. The predicted octanol–water partition coefficient (Wildman–Crippen LogP) is 3.79. The number of esters is 2. The summed E-state index contributed by atoms with van der Waals surface area (Å²) in [4.78, 5) is 22.3. The van der Waals surface area contributed by atoms with Crippen molar-refractivity contribution in [1.29, 1.82) is 0 Å². The van der Waals surface area contributed by atoms with Gasteiger partial charge in [0.15, 0.2) is 0 Å². The Hall–Kier alpha value is -1.88. The lowest BCUT2D eigenvalue weighted by Gasteiger charge is -2.06. The van der Waals surface area contributed by atoms with E-state index in [1.54, 1.807) is 6.08 Å². The summed E-state index contributed by atoms with van der Waals surface area (Å²) in [5.74, 6) is -1.46. The molecule has 0 saturated heterocycles. The Bertz CT molecular complexity index is 374. The molecule has 1 N–H and O–H groups in total. The average Bonchev–Trinajstić information content (AvgIpc) is 2.55. The Labute approximate surface area is 138 Å². The molecule has 130 valence electrons. The number of unbranched alkanes of at least 4 members (excludes halogenated alkanes) is 8. The van der Waals surface area contributed by atoms with Crippen LogP contribution in [0.4, 0.5) is 0 Å². The van der Waals surface area contributed by atoms with Crippen molar-refractivity contribution in [3.63, 3.8) is 0 Å². The van der Waals surface area contributed by atoms with Gasteiger partial charge in [-0.05, 0) is 25.3 Å². The highest BCUT2D eigenvalue weighted by molar-refractivity contribution is 5.84. The Morgan fingerprint density at radius 2 is 1.22 bits per heavy atom. The molecule has 0 aromatic heterocycles. The predicted molar refractivity (Wildman–Crippen MR) is 89.3 cm³/mol. The van der Waals surface area contributed by atoms with Crippen LogP contribution >= 0.6 is 0 Å². The zero-order valence-electron chi connectivity index (χ0n) is 13.8. The van der Waals surface area contributed by atoms with Crippen molar-refractivity contribution < 1.29 is 24.2 Å². The van der Waals surface area contributed by atoms with E-state index in [-0.39, 0.29) is 12.6 Å². The molecule has 0 fully saturated rings. The number of carbonyl (C=O) groups is 2. The number of hydrogen-bond acceptors (Lipinski definition) is 5. The average molecular weight is 324 g/mol. The first-order valence-electron chi connectivity index (χ1n) is 8.13. The maximum absolute atomic E-state index is 11.2. The van der Waals surface area contributed by atoms with Crippen LogP contribution in [0.2, 0.25) is 0 Å². The van der Waals surface area contributed by atoms with Gasteiger partial charge in [0.1, 0.15) is 0 Å². The summed E-state index contributed by atoms with van der Waals surface area (Å²) in [7, 11) is 0. The minimum atomic E-state index is -0.670. The fourth-order valence-electron chi connectivity index (χ4n) is 1.92. The van der Waals surface area contributed by atoms with E-state index >= 15 is 0 Å². The third-order valence-corrected chi connectivity index (χ3v) is 3.16. The maximum Gasteiger partial charge on any atom is 0.337 e. The van der Waals surface area contributed by atoms with Crippen molar-refractivity contribution in [2.24, 2.45) is 0 Å². The van der Waals surface area contributed by atoms with Gasteiger partial charge in [-0.3, -0.25) is 0 Å². The van der Waals surface area contributed by atoms with Crippen molar-refractivity contribution in [2.75, 3.05) is 6.61 Å². The van der Waals surface area contributed by atoms with Gasteiger partial charge in [0, 0.05) is 18.8 Å². The summed E-state index contributed by atoms with van der Waals surface area (Å²) < 4.78 is 9.70. The maximum atomic E-state index is 11.2. The second-order valence-electron chi connectivity index (χ2n) is 5.11. The third-order valence-electron chi connectivity index (χ3n) is 3.16. The molecule has 0 aliphatic carbocycles. The summed E-state index contributed by atoms with van der Waals surface area (Å²) >= 11 is 0. The Morgan fingerprint density at radius 1 is 0.783 bits per heavy atom. The van der Waals surface area contributed by atoms with Crippen molar-refractivity contribution in [2.45, 2.75) is 57.8 Å². The molecule has 0 aromatic rings. The number of aliphatic hydroxyl groups excluding tert-OH is 1. The number of rotatable bonds is 14. The van der Waals surface area contributed by atoms with Crippen LogP contribution in [-0.2, 0) is 19.1 Å². The van der Waals surface area contributed by atoms with Crippen LogP contribution in [0.1, 0.15) is 57.8 Å². The van der Waals surface area contributed by atoms with E-state index in [1.807, 2.05) is 0 Å². The number of aliphatic hydroxyl groups is 1. The second-order valence-corrected chi connectivity index (χ2v) is 5.11. The van der Waals surface area contributed by atoms with Crippen molar-refractivity contribution in [3.8, 4) is 0 Å². The summed E-state index contributed by atoms with van der Waals surface area (Å²) in [6, 6.07) is 0. The fraction of sp³-hybridized carbons (Fsp3) is 0.556. The molecule has 0 atom stereocenters. The zero-order valence-corrected chi connectivity index (χ0v) is 13.8. The highest BCUT2D eigenvalue weighted by Gasteiger charge is 2.08. The van der Waals surface area contributed by atoms with Gasteiger partial charge in [-0.15, -0.1) is 0 Å². The lowest BCUT2D eigenvalue weighted by molar-refractivity contribution is -0.147. The van der Waals surface area contributed by atoms with Gasteiger partial charge in [0.05, 0.1) is 0 Å². The molecule has 0 unspecified atom stereocenters. The van der Waals surface area contributed by atoms with Crippen molar-refractivity contribution in [3.05, 3.63) is 37.3 Å². The molecule has 0 heterocycles. The summed E-state index contributed by atoms with van der Waals surface area (Å²) in [5.41, 5.74) is 0. The van der Waals surface area contributed by atoms with E-state index < -0.39 is 11.9 Å². The highest BCUT2D eigenvalue weighted by atomic mass is 16.7. The van der Waals surface area contributed by atoms with Gasteiger partial charge in [0.25, 0.3) is 5.95 Å². The van der Waals surface area contributed by atoms with Gasteiger partial charge in [-0.1, -0.05) is 51.7 Å². The molecule has 0 rings (SSSR count). The van der Waals surface area contributed by atoms with Gasteiger partial charge < -0.3 is 14.6 Å². The SMILES string of the molecule is C=CC(=O)OC(=CCCCCCCCCCCO)OC(=O)C=C. The number of ether oxygens (including phenoxy) is 2. The summed E-state index contributed by atoms with van der Waals surface area (Å²) in [6.07, 6.45) is 12.9. The molecule has 23 heavy (non-hydrogen) atoms. The van der Waals surface area contributed by atoms with Crippen LogP contribution in [0, 0.1) is 0 Å². The van der Waals surface area contributed by atoms with Crippen LogP contribution in [-0.4, -0.2) is 23.7 Å². The molecule has 0 aliphatic heterocycles. The van der Waals surface area contributed by atoms with Gasteiger partial charge in [-0.2, -0.15) is 0 Å². The highest BCUT2D eigenvalue weighted by Crippen LogP contribution is 2.11. The summed E-state index contributed by atoms with van der Waals surface area (Å²) in [6.45, 7) is 6.87. The van der Waals surface area contributed by atoms with Crippen LogP contribution in [0.15, 0.2) is 37.3 Å². The lowest BCUT2D eigenvalue weighted by atomic mass is 10.1. The molecule has 0 amide bonds. The Kier molecular flexibility index (Phi) is 13.8. The standard InChI is InChI=1S/C18H28O5/c1-3-16(20)22-18(23-17(21)4-2)14-12-10-8-6-5-7-9-11-13-15-19/h3-4,14,19H,1-2,5-13,15H2. The van der Waals surface area contributed by atoms with Gasteiger partial charge in [-0.25, -0.2) is 9.59 Å². The van der Waals surface area contributed by atoms with E-state index in [4.69, 9.17) is 14.6 Å². The molecule has 0 radical (unpaired) electrons. The van der Waals surface area contributed by atoms with E-state index in [9.17, 15) is 9.59 Å². The normalized spacial score (nSPS) is 9.78. The first-order valence-corrected chi connectivity index (χ1v) is 8.13. The summed E-state index contributed by atoms with van der Waals surface area (Å²) in [5, 5.41) is 8.67. The van der Waals surface area contributed by atoms with Crippen LogP contribution in [0.25, 0.3) is 0 Å². The van der Waals surface area contributed by atoms with Gasteiger partial charge >= 0.3 is 11.9 Å². The third kappa shape index (κ3) is 13.5. The molecular weight excluding hydrogens is 296 g/mol. The van der Waals surface area contributed by atoms with E-state index in [2.05, 4.69) is 13.2 Å². The minimum Gasteiger partial charge on any atom is -0.396 e. The van der Waals surface area contributed by atoms with Crippen LogP contribution < -0.4 is 0 Å². The van der Waals surface area contributed by atoms with Crippen molar-refractivity contribution in [1.82, 2.24) is 0 Å². The fourth-order valence-corrected chi connectivity index (χ4v) is 1.92. The van der Waals surface area contributed by atoms with Crippen molar-refractivity contribution >= 4 is 11.9 Å². The van der Waals surface area contributed by atoms with Crippen LogP contribution in [0.3, 0.4) is 0 Å². The minimum absolute atomic E-state index is 0.121. The Morgan fingerprint density at radius 3 is 1.65 bits per heavy atom. The molecule has 0 spiro atoms. The number of carbonyl (C=O) groups excluding carboxylic acids is 2. The van der Waals surface area contributed by atoms with E-state index in [0.717, 1.165) is 44.3 Å². The molecule has 5 nitrogen and oxygen atoms in total. The molecule has 5 heteroatoms. The first-order chi connectivity index (χ1) is 11.1. The van der Waals surface area contributed by atoms with E-state index in [1.165, 1.54) is 19.3 Å². The monoisotopic (exact) mass is 324 g/mol. The molecular formula is C18H28O5. The molecule has 0 aliphatic rings. The number of allylic oxidation sites excluding steroid dienone is 1. The van der Waals surface area contributed by atoms with Gasteiger partial charge in [0.2, 0.25) is 0 Å². The zero-order chi connectivity index (χ0) is 17.3.